The molecular formula is C23H26FN5O2S. The summed E-state index contributed by atoms with van der Waals surface area (Å²) in [6.07, 6.45) is 0. The molecule has 3 rings (SSSR count). The summed E-state index contributed by atoms with van der Waals surface area (Å²) in [6.45, 7) is 5.94. The first-order valence-corrected chi connectivity index (χ1v) is 11.2. The molecule has 32 heavy (non-hydrogen) atoms. The summed E-state index contributed by atoms with van der Waals surface area (Å²) in [5, 5.41) is 14.8. The average Bonchev–Trinajstić information content (AvgIpc) is 3.11. The number of hydrogen-bond acceptors (Lipinski definition) is 5. The SMILES string of the molecule is Cc1cccc(C(=O)N[C@H](c2nnc(SCC(=O)Nc3ccc(F)cc3)n2C)C(C)C)c1. The van der Waals surface area contributed by atoms with Gasteiger partial charge in [0.25, 0.3) is 5.91 Å². The smallest absolute Gasteiger partial charge is 0.251 e. The highest BCUT2D eigenvalue weighted by atomic mass is 32.2. The molecule has 0 spiro atoms. The van der Waals surface area contributed by atoms with Crippen molar-refractivity contribution in [2.75, 3.05) is 11.1 Å². The highest BCUT2D eigenvalue weighted by Crippen LogP contribution is 2.24. The zero-order chi connectivity index (χ0) is 23.3. The molecule has 0 unspecified atom stereocenters. The lowest BCUT2D eigenvalue weighted by Gasteiger charge is -2.21. The first kappa shape index (κ1) is 23.5. The second-order valence-electron chi connectivity index (χ2n) is 7.81. The lowest BCUT2D eigenvalue weighted by molar-refractivity contribution is -0.113. The van der Waals surface area contributed by atoms with E-state index in [2.05, 4.69) is 20.8 Å². The van der Waals surface area contributed by atoms with E-state index < -0.39 is 0 Å². The lowest BCUT2D eigenvalue weighted by Crippen LogP contribution is -2.33. The van der Waals surface area contributed by atoms with Crippen LogP contribution in [0.5, 0.6) is 0 Å². The number of aryl methyl sites for hydroxylation is 1. The fraction of sp³-hybridized carbons (Fsp3) is 0.304. The van der Waals surface area contributed by atoms with Gasteiger partial charge < -0.3 is 15.2 Å². The van der Waals surface area contributed by atoms with Crippen LogP contribution < -0.4 is 10.6 Å². The van der Waals surface area contributed by atoms with E-state index in [-0.39, 0.29) is 35.3 Å². The molecule has 0 saturated carbocycles. The van der Waals surface area contributed by atoms with Crippen LogP contribution in [0.3, 0.4) is 0 Å². The van der Waals surface area contributed by atoms with Crippen LogP contribution in [0.4, 0.5) is 10.1 Å². The van der Waals surface area contributed by atoms with Crippen LogP contribution in [-0.4, -0.2) is 32.3 Å². The van der Waals surface area contributed by atoms with E-state index in [1.54, 1.807) is 10.6 Å². The van der Waals surface area contributed by atoms with Crippen molar-refractivity contribution in [2.24, 2.45) is 13.0 Å². The number of carbonyl (C=O) groups excluding carboxylic acids is 2. The number of benzene rings is 2. The van der Waals surface area contributed by atoms with Crippen molar-refractivity contribution < 1.29 is 14.0 Å². The summed E-state index contributed by atoms with van der Waals surface area (Å²) < 4.78 is 14.8. The van der Waals surface area contributed by atoms with Crippen molar-refractivity contribution >= 4 is 29.3 Å². The molecule has 0 bridgehead atoms. The second-order valence-corrected chi connectivity index (χ2v) is 8.75. The van der Waals surface area contributed by atoms with E-state index in [4.69, 9.17) is 0 Å². The maximum Gasteiger partial charge on any atom is 0.251 e. The molecule has 1 aromatic heterocycles. The molecule has 0 aliphatic heterocycles. The Labute approximate surface area is 190 Å². The number of aromatic nitrogens is 3. The van der Waals surface area contributed by atoms with Gasteiger partial charge in [0.1, 0.15) is 5.82 Å². The van der Waals surface area contributed by atoms with Crippen molar-refractivity contribution in [1.82, 2.24) is 20.1 Å². The summed E-state index contributed by atoms with van der Waals surface area (Å²) in [7, 11) is 1.81. The molecule has 2 aromatic carbocycles. The topological polar surface area (TPSA) is 88.9 Å². The molecule has 2 N–H and O–H groups in total. The quantitative estimate of drug-likeness (QED) is 0.499. The minimum Gasteiger partial charge on any atom is -0.342 e. The molecule has 0 saturated heterocycles. The van der Waals surface area contributed by atoms with Crippen LogP contribution in [0.1, 0.15) is 41.6 Å². The number of hydrogen-bond donors (Lipinski definition) is 2. The highest BCUT2D eigenvalue weighted by molar-refractivity contribution is 7.99. The standard InChI is InChI=1S/C23H26FN5O2S/c1-14(2)20(26-22(31)16-7-5-6-15(3)12-16)21-27-28-23(29(21)4)32-13-19(30)25-18-10-8-17(24)9-11-18/h5-12,14,20H,13H2,1-4H3,(H,25,30)(H,26,31)/t20-/m0/s1. The van der Waals surface area contributed by atoms with Crippen molar-refractivity contribution in [3.8, 4) is 0 Å². The number of rotatable bonds is 8. The zero-order valence-electron chi connectivity index (χ0n) is 18.4. The molecule has 2 amide bonds. The van der Waals surface area contributed by atoms with Gasteiger partial charge in [-0.05, 0) is 49.2 Å². The maximum absolute atomic E-state index is 13.0. The van der Waals surface area contributed by atoms with E-state index in [0.29, 0.717) is 22.2 Å². The van der Waals surface area contributed by atoms with Crippen molar-refractivity contribution in [1.29, 1.82) is 0 Å². The molecule has 1 atom stereocenters. The zero-order valence-corrected chi connectivity index (χ0v) is 19.2. The molecule has 3 aromatic rings. The maximum atomic E-state index is 13.0. The molecule has 0 aliphatic rings. The van der Waals surface area contributed by atoms with Gasteiger partial charge in [-0.1, -0.05) is 43.3 Å². The van der Waals surface area contributed by atoms with Crippen molar-refractivity contribution in [3.05, 3.63) is 71.3 Å². The van der Waals surface area contributed by atoms with Crippen molar-refractivity contribution in [3.63, 3.8) is 0 Å². The first-order chi connectivity index (χ1) is 15.2. The number of anilines is 1. The number of carbonyl (C=O) groups is 2. The Morgan fingerprint density at radius 2 is 1.84 bits per heavy atom. The van der Waals surface area contributed by atoms with Gasteiger partial charge in [-0.2, -0.15) is 0 Å². The molecule has 0 radical (unpaired) electrons. The third-order valence-electron chi connectivity index (χ3n) is 4.84. The summed E-state index contributed by atoms with van der Waals surface area (Å²) in [4.78, 5) is 25.0. The van der Waals surface area contributed by atoms with E-state index in [9.17, 15) is 14.0 Å². The van der Waals surface area contributed by atoms with Crippen LogP contribution in [0.25, 0.3) is 0 Å². The summed E-state index contributed by atoms with van der Waals surface area (Å²) in [5.74, 6) is 0.0280. The number of halogens is 1. The van der Waals surface area contributed by atoms with Gasteiger partial charge in [0.15, 0.2) is 11.0 Å². The predicted octanol–water partition coefficient (Wildman–Crippen LogP) is 4.12. The fourth-order valence-corrected chi connectivity index (χ4v) is 3.84. The van der Waals surface area contributed by atoms with E-state index in [1.165, 1.54) is 36.0 Å². The lowest BCUT2D eigenvalue weighted by atomic mass is 10.0. The largest absolute Gasteiger partial charge is 0.342 e. The Kier molecular flexibility index (Phi) is 7.63. The monoisotopic (exact) mass is 455 g/mol. The van der Waals surface area contributed by atoms with Gasteiger partial charge in [0.2, 0.25) is 5.91 Å². The van der Waals surface area contributed by atoms with Crippen molar-refractivity contribution in [2.45, 2.75) is 32.0 Å². The minimum atomic E-state index is -0.363. The number of nitrogens with one attached hydrogen (secondary N) is 2. The minimum absolute atomic E-state index is 0.0753. The van der Waals surface area contributed by atoms with Gasteiger partial charge in [0, 0.05) is 18.3 Å². The molecular weight excluding hydrogens is 429 g/mol. The summed E-state index contributed by atoms with van der Waals surface area (Å²) in [6, 6.07) is 12.6. The van der Waals surface area contributed by atoms with Gasteiger partial charge in [0.05, 0.1) is 11.8 Å². The number of amides is 2. The summed E-state index contributed by atoms with van der Waals surface area (Å²) >= 11 is 1.24. The third-order valence-corrected chi connectivity index (χ3v) is 5.86. The Bertz CT molecular complexity index is 1100. The predicted molar refractivity (Wildman–Crippen MR) is 123 cm³/mol. The average molecular weight is 456 g/mol. The normalized spacial score (nSPS) is 11.9. The molecule has 1 heterocycles. The van der Waals surface area contributed by atoms with Crippen LogP contribution in [0, 0.1) is 18.7 Å². The Morgan fingerprint density at radius 3 is 2.50 bits per heavy atom. The number of nitrogens with zero attached hydrogens (tertiary/aromatic N) is 3. The van der Waals surface area contributed by atoms with E-state index in [1.807, 2.05) is 46.0 Å². The van der Waals surface area contributed by atoms with Crippen LogP contribution >= 0.6 is 11.8 Å². The first-order valence-electron chi connectivity index (χ1n) is 10.2. The fourth-order valence-electron chi connectivity index (χ4n) is 3.12. The van der Waals surface area contributed by atoms with E-state index in [0.717, 1.165) is 5.56 Å². The highest BCUT2D eigenvalue weighted by Gasteiger charge is 2.25. The van der Waals surface area contributed by atoms with Crippen LogP contribution in [-0.2, 0) is 11.8 Å². The second kappa shape index (κ2) is 10.4. The third kappa shape index (κ3) is 5.94. The Balaban J connectivity index is 1.66. The molecule has 0 fully saturated rings. The van der Waals surface area contributed by atoms with Crippen LogP contribution in [0.2, 0.25) is 0 Å². The van der Waals surface area contributed by atoms with Crippen LogP contribution in [0.15, 0.2) is 53.7 Å². The Morgan fingerprint density at radius 1 is 1.12 bits per heavy atom. The van der Waals surface area contributed by atoms with Gasteiger partial charge in [-0.15, -0.1) is 10.2 Å². The van der Waals surface area contributed by atoms with Gasteiger partial charge >= 0.3 is 0 Å². The Hall–Kier alpha value is -3.20. The molecule has 9 heteroatoms. The molecule has 7 nitrogen and oxygen atoms in total. The molecule has 0 aliphatic carbocycles. The van der Waals surface area contributed by atoms with E-state index >= 15 is 0 Å². The number of thioether (sulfide) groups is 1. The van der Waals surface area contributed by atoms with Gasteiger partial charge in [-0.3, -0.25) is 9.59 Å². The van der Waals surface area contributed by atoms with Gasteiger partial charge in [-0.25, -0.2) is 4.39 Å². The molecule has 168 valence electrons. The summed E-state index contributed by atoms with van der Waals surface area (Å²) in [5.41, 5.74) is 2.12.